The Morgan fingerprint density at radius 3 is 1.40 bits per heavy atom. The van der Waals surface area contributed by atoms with Crippen LogP contribution in [-0.4, -0.2) is 27.4 Å². The van der Waals surface area contributed by atoms with E-state index in [-0.39, 0.29) is 0 Å². The van der Waals surface area contributed by atoms with Gasteiger partial charge in [-0.3, -0.25) is 0 Å². The van der Waals surface area contributed by atoms with Gasteiger partial charge in [-0.05, 0) is 31.1 Å². The summed E-state index contributed by atoms with van der Waals surface area (Å²) in [6.45, 7) is 6.29. The van der Waals surface area contributed by atoms with Gasteiger partial charge in [0.1, 0.15) is 0 Å². The van der Waals surface area contributed by atoms with Gasteiger partial charge in [-0.1, -0.05) is 26.7 Å². The molecule has 0 aromatic heterocycles. The molecular weight excluding hydrogens is 188 g/mol. The molecule has 0 aliphatic rings. The maximum Gasteiger partial charge on any atom is 0.0467 e. The van der Waals surface area contributed by atoms with Crippen LogP contribution in [0.15, 0.2) is 0 Å². The average molecular weight is 216 g/mol. The normalized spacial score (nSPS) is 12.0. The molecule has 0 bridgehead atoms. The largest absolute Gasteiger partial charge is 0.385 e. The summed E-state index contributed by atoms with van der Waals surface area (Å²) in [5.41, 5.74) is 0.454. The van der Waals surface area contributed by atoms with Crippen molar-refractivity contribution in [2.75, 3.05) is 27.4 Å². The molecule has 0 atom stereocenters. The molecule has 0 aromatic carbocycles. The molecule has 0 amide bonds. The Morgan fingerprint density at radius 2 is 1.13 bits per heavy atom. The minimum Gasteiger partial charge on any atom is -0.385 e. The van der Waals surface area contributed by atoms with E-state index in [1.807, 2.05) is 0 Å². The van der Waals surface area contributed by atoms with Crippen molar-refractivity contribution in [1.29, 1.82) is 0 Å². The maximum atomic E-state index is 5.23. The van der Waals surface area contributed by atoms with Gasteiger partial charge in [-0.2, -0.15) is 0 Å². The van der Waals surface area contributed by atoms with E-state index in [0.717, 1.165) is 13.2 Å². The van der Waals surface area contributed by atoms with E-state index in [0.29, 0.717) is 5.41 Å². The fraction of sp³-hybridized carbons (Fsp3) is 1.00. The molecule has 0 radical (unpaired) electrons. The maximum absolute atomic E-state index is 5.23. The third kappa shape index (κ3) is 6.16. The summed E-state index contributed by atoms with van der Waals surface area (Å²) in [6, 6.07) is 0. The lowest BCUT2D eigenvalue weighted by atomic mass is 9.74. The molecule has 0 spiro atoms. The summed E-state index contributed by atoms with van der Waals surface area (Å²) >= 11 is 0. The fourth-order valence-corrected chi connectivity index (χ4v) is 2.45. The minimum absolute atomic E-state index is 0.454. The number of rotatable bonds is 10. The topological polar surface area (TPSA) is 18.5 Å². The number of hydrogen-bond donors (Lipinski definition) is 0. The van der Waals surface area contributed by atoms with Crippen molar-refractivity contribution in [3.05, 3.63) is 0 Å². The third-order valence-electron chi connectivity index (χ3n) is 3.23. The van der Waals surface area contributed by atoms with E-state index < -0.39 is 0 Å². The van der Waals surface area contributed by atoms with Crippen LogP contribution in [0.25, 0.3) is 0 Å². The molecule has 0 saturated heterocycles. The van der Waals surface area contributed by atoms with Crippen LogP contribution in [0.4, 0.5) is 0 Å². The zero-order valence-electron chi connectivity index (χ0n) is 11.0. The summed E-state index contributed by atoms with van der Waals surface area (Å²) in [7, 11) is 3.58. The second-order valence-electron chi connectivity index (χ2n) is 4.49. The summed E-state index contributed by atoms with van der Waals surface area (Å²) in [5.74, 6) is 0. The van der Waals surface area contributed by atoms with Crippen molar-refractivity contribution in [3.63, 3.8) is 0 Å². The van der Waals surface area contributed by atoms with Gasteiger partial charge in [0.05, 0.1) is 0 Å². The summed E-state index contributed by atoms with van der Waals surface area (Å²) < 4.78 is 10.5. The van der Waals surface area contributed by atoms with Gasteiger partial charge in [0.15, 0.2) is 0 Å². The van der Waals surface area contributed by atoms with Crippen LogP contribution in [0, 0.1) is 5.41 Å². The van der Waals surface area contributed by atoms with E-state index in [9.17, 15) is 0 Å². The molecule has 0 aromatic rings. The summed E-state index contributed by atoms with van der Waals surface area (Å²) in [5, 5.41) is 0. The van der Waals surface area contributed by atoms with E-state index in [1.165, 1.54) is 38.5 Å². The van der Waals surface area contributed by atoms with Gasteiger partial charge in [0.2, 0.25) is 0 Å². The Balaban J connectivity index is 4.26. The van der Waals surface area contributed by atoms with Gasteiger partial charge < -0.3 is 9.47 Å². The molecule has 0 aliphatic heterocycles. The SMILES string of the molecule is CCCC(CCC)(CCOC)CCOC. The molecule has 0 aliphatic carbocycles. The molecule has 2 nitrogen and oxygen atoms in total. The quantitative estimate of drug-likeness (QED) is 0.555. The Hall–Kier alpha value is -0.0800. The van der Waals surface area contributed by atoms with Crippen LogP contribution < -0.4 is 0 Å². The van der Waals surface area contributed by atoms with Crippen LogP contribution in [0.2, 0.25) is 0 Å². The van der Waals surface area contributed by atoms with Crippen molar-refractivity contribution >= 4 is 0 Å². The first-order valence-electron chi connectivity index (χ1n) is 6.22. The fourth-order valence-electron chi connectivity index (χ4n) is 2.45. The highest BCUT2D eigenvalue weighted by atomic mass is 16.5. The highest BCUT2D eigenvalue weighted by Gasteiger charge is 2.27. The molecule has 0 unspecified atom stereocenters. The number of ether oxygens (including phenoxy) is 2. The second kappa shape index (κ2) is 9.17. The van der Waals surface area contributed by atoms with E-state index >= 15 is 0 Å². The first-order valence-corrected chi connectivity index (χ1v) is 6.22. The van der Waals surface area contributed by atoms with Gasteiger partial charge in [-0.15, -0.1) is 0 Å². The first kappa shape index (κ1) is 14.9. The first-order chi connectivity index (χ1) is 7.24. The Bertz CT molecular complexity index is 118. The lowest BCUT2D eigenvalue weighted by Crippen LogP contribution is -2.24. The highest BCUT2D eigenvalue weighted by molar-refractivity contribution is 4.78. The Morgan fingerprint density at radius 1 is 0.733 bits per heavy atom. The lowest BCUT2D eigenvalue weighted by molar-refractivity contribution is 0.0783. The van der Waals surface area contributed by atoms with Gasteiger partial charge in [0, 0.05) is 27.4 Å². The molecule has 0 fully saturated rings. The minimum atomic E-state index is 0.454. The predicted octanol–water partition coefficient (Wildman–Crippen LogP) is 3.65. The number of hydrogen-bond acceptors (Lipinski definition) is 2. The van der Waals surface area contributed by atoms with E-state index in [1.54, 1.807) is 14.2 Å². The van der Waals surface area contributed by atoms with Crippen LogP contribution in [0.1, 0.15) is 52.4 Å². The molecule has 15 heavy (non-hydrogen) atoms. The third-order valence-corrected chi connectivity index (χ3v) is 3.23. The zero-order valence-corrected chi connectivity index (χ0v) is 11.0. The van der Waals surface area contributed by atoms with Crippen LogP contribution in [-0.2, 0) is 9.47 Å². The van der Waals surface area contributed by atoms with Crippen molar-refractivity contribution in [2.45, 2.75) is 52.4 Å². The second-order valence-corrected chi connectivity index (χ2v) is 4.49. The van der Waals surface area contributed by atoms with Crippen molar-refractivity contribution in [1.82, 2.24) is 0 Å². The molecule has 0 N–H and O–H groups in total. The Kier molecular flexibility index (Phi) is 9.12. The van der Waals surface area contributed by atoms with E-state index in [4.69, 9.17) is 9.47 Å². The van der Waals surface area contributed by atoms with E-state index in [2.05, 4.69) is 13.8 Å². The molecular formula is C13H28O2. The van der Waals surface area contributed by atoms with Crippen LogP contribution >= 0.6 is 0 Å². The highest BCUT2D eigenvalue weighted by Crippen LogP contribution is 2.37. The predicted molar refractivity (Wildman–Crippen MR) is 65.2 cm³/mol. The molecule has 92 valence electrons. The van der Waals surface area contributed by atoms with Crippen LogP contribution in [0.5, 0.6) is 0 Å². The zero-order chi connectivity index (χ0) is 11.6. The average Bonchev–Trinajstić information content (AvgIpc) is 2.24. The molecule has 0 rings (SSSR count). The lowest BCUT2D eigenvalue weighted by Gasteiger charge is -2.33. The van der Waals surface area contributed by atoms with Crippen LogP contribution in [0.3, 0.4) is 0 Å². The summed E-state index contributed by atoms with van der Waals surface area (Å²) in [4.78, 5) is 0. The smallest absolute Gasteiger partial charge is 0.0467 e. The molecule has 2 heteroatoms. The van der Waals surface area contributed by atoms with Crippen molar-refractivity contribution < 1.29 is 9.47 Å². The molecule has 0 heterocycles. The standard InChI is InChI=1S/C13H28O2/c1-5-7-13(8-6-2,9-11-14-3)10-12-15-4/h5-12H2,1-4H3. The summed E-state index contributed by atoms with van der Waals surface area (Å²) in [6.07, 6.45) is 7.46. The molecule has 0 saturated carbocycles. The number of methoxy groups -OCH3 is 2. The monoisotopic (exact) mass is 216 g/mol. The Labute approximate surface area is 95.3 Å². The van der Waals surface area contributed by atoms with Gasteiger partial charge in [-0.25, -0.2) is 0 Å². The van der Waals surface area contributed by atoms with Crippen molar-refractivity contribution in [2.24, 2.45) is 5.41 Å². The van der Waals surface area contributed by atoms with Gasteiger partial charge >= 0.3 is 0 Å². The van der Waals surface area contributed by atoms with Gasteiger partial charge in [0.25, 0.3) is 0 Å². The van der Waals surface area contributed by atoms with Crippen molar-refractivity contribution in [3.8, 4) is 0 Å².